The molecule has 122 valence electrons. The van der Waals surface area contributed by atoms with Crippen LogP contribution >= 0.6 is 11.8 Å². The van der Waals surface area contributed by atoms with E-state index in [1.807, 2.05) is 42.5 Å². The summed E-state index contributed by atoms with van der Waals surface area (Å²) in [7, 11) is 0. The second-order valence-electron chi connectivity index (χ2n) is 6.45. The summed E-state index contributed by atoms with van der Waals surface area (Å²) < 4.78 is 0. The lowest BCUT2D eigenvalue weighted by Gasteiger charge is -2.22. The van der Waals surface area contributed by atoms with Gasteiger partial charge in [-0.15, -0.1) is 11.8 Å². The van der Waals surface area contributed by atoms with E-state index >= 15 is 0 Å². The Morgan fingerprint density at radius 2 is 1.58 bits per heavy atom. The minimum absolute atomic E-state index is 0.166. The quantitative estimate of drug-likeness (QED) is 0.674. The molecule has 2 aromatic carbocycles. The molecule has 3 heteroatoms. The van der Waals surface area contributed by atoms with E-state index in [9.17, 15) is 4.79 Å². The van der Waals surface area contributed by atoms with Crippen LogP contribution in [0, 0.1) is 0 Å². The maximum absolute atomic E-state index is 13.2. The van der Waals surface area contributed by atoms with Crippen molar-refractivity contribution in [2.45, 2.75) is 42.2 Å². The SMILES string of the molecule is O=c1c(SC2CCCCC2)c(-c2ccccc2)[nH]c2ccccc12. The molecule has 1 N–H and O–H groups in total. The highest BCUT2D eigenvalue weighted by atomic mass is 32.2. The van der Waals surface area contributed by atoms with Crippen LogP contribution in [-0.4, -0.2) is 10.2 Å². The van der Waals surface area contributed by atoms with E-state index in [1.54, 1.807) is 11.8 Å². The second kappa shape index (κ2) is 6.86. The Kier molecular flexibility index (Phi) is 4.44. The highest BCUT2D eigenvalue weighted by Crippen LogP contribution is 2.37. The first-order valence-electron chi connectivity index (χ1n) is 8.70. The van der Waals surface area contributed by atoms with Gasteiger partial charge in [0.05, 0.1) is 10.6 Å². The fourth-order valence-corrected chi connectivity index (χ4v) is 4.89. The zero-order valence-electron chi connectivity index (χ0n) is 13.6. The van der Waals surface area contributed by atoms with Gasteiger partial charge in [-0.05, 0) is 30.5 Å². The molecule has 24 heavy (non-hydrogen) atoms. The number of para-hydroxylation sites is 1. The molecule has 1 aromatic heterocycles. The average molecular weight is 335 g/mol. The van der Waals surface area contributed by atoms with Crippen LogP contribution in [0.4, 0.5) is 0 Å². The Balaban J connectivity index is 1.88. The van der Waals surface area contributed by atoms with Gasteiger partial charge in [-0.3, -0.25) is 4.79 Å². The molecule has 0 aliphatic heterocycles. The van der Waals surface area contributed by atoms with Crippen LogP contribution in [0.1, 0.15) is 32.1 Å². The summed E-state index contributed by atoms with van der Waals surface area (Å²) in [4.78, 5) is 17.6. The van der Waals surface area contributed by atoms with Crippen molar-refractivity contribution in [2.24, 2.45) is 0 Å². The number of hydrogen-bond donors (Lipinski definition) is 1. The monoisotopic (exact) mass is 335 g/mol. The van der Waals surface area contributed by atoms with Crippen LogP contribution in [0.25, 0.3) is 22.2 Å². The first-order chi connectivity index (χ1) is 11.8. The van der Waals surface area contributed by atoms with Crippen molar-refractivity contribution in [2.75, 3.05) is 0 Å². The third-order valence-electron chi connectivity index (χ3n) is 4.76. The number of benzene rings is 2. The first kappa shape index (κ1) is 15.5. The van der Waals surface area contributed by atoms with E-state index in [-0.39, 0.29) is 5.43 Å². The third kappa shape index (κ3) is 3.01. The van der Waals surface area contributed by atoms with E-state index in [0.29, 0.717) is 5.25 Å². The van der Waals surface area contributed by atoms with Crippen molar-refractivity contribution in [3.05, 3.63) is 64.8 Å². The molecule has 1 aliphatic rings. The number of thioether (sulfide) groups is 1. The number of H-pyrrole nitrogens is 1. The van der Waals surface area contributed by atoms with Gasteiger partial charge in [0.15, 0.2) is 0 Å². The predicted octanol–water partition coefficient (Wildman–Crippen LogP) is 5.62. The Hall–Kier alpha value is -2.00. The van der Waals surface area contributed by atoms with Crippen molar-refractivity contribution in [1.29, 1.82) is 0 Å². The summed E-state index contributed by atoms with van der Waals surface area (Å²) in [6.07, 6.45) is 6.32. The highest BCUT2D eigenvalue weighted by molar-refractivity contribution is 8.00. The molecule has 2 nitrogen and oxygen atoms in total. The standard InChI is InChI=1S/C21H21NOS/c23-20-17-13-7-8-14-18(17)22-19(15-9-3-1-4-10-15)21(20)24-16-11-5-2-6-12-16/h1,3-4,7-10,13-14,16H,2,5-6,11-12H2,(H,22,23). The summed E-state index contributed by atoms with van der Waals surface area (Å²) in [5.74, 6) is 0. The first-order valence-corrected chi connectivity index (χ1v) is 9.58. The van der Waals surface area contributed by atoms with Gasteiger partial charge in [0.1, 0.15) is 0 Å². The van der Waals surface area contributed by atoms with Crippen LogP contribution in [0.2, 0.25) is 0 Å². The number of fused-ring (bicyclic) bond motifs is 1. The molecule has 0 amide bonds. The molecule has 1 saturated carbocycles. The van der Waals surface area contributed by atoms with Gasteiger partial charge in [-0.2, -0.15) is 0 Å². The van der Waals surface area contributed by atoms with Gasteiger partial charge in [-0.1, -0.05) is 61.7 Å². The zero-order chi connectivity index (χ0) is 16.4. The smallest absolute Gasteiger partial charge is 0.203 e. The molecule has 0 spiro atoms. The number of rotatable bonds is 3. The van der Waals surface area contributed by atoms with Gasteiger partial charge >= 0.3 is 0 Å². The van der Waals surface area contributed by atoms with Crippen LogP contribution in [0.15, 0.2) is 64.3 Å². The lowest BCUT2D eigenvalue weighted by Crippen LogP contribution is -2.14. The summed E-state index contributed by atoms with van der Waals surface area (Å²) >= 11 is 1.78. The number of aromatic amines is 1. The minimum atomic E-state index is 0.166. The highest BCUT2D eigenvalue weighted by Gasteiger charge is 2.20. The maximum Gasteiger partial charge on any atom is 0.203 e. The Morgan fingerprint density at radius 3 is 2.38 bits per heavy atom. The average Bonchev–Trinajstić information content (AvgIpc) is 2.65. The van der Waals surface area contributed by atoms with Crippen molar-refractivity contribution >= 4 is 22.7 Å². The number of aromatic nitrogens is 1. The summed E-state index contributed by atoms with van der Waals surface area (Å²) in [5.41, 5.74) is 3.13. The second-order valence-corrected chi connectivity index (χ2v) is 7.76. The summed E-state index contributed by atoms with van der Waals surface area (Å²) in [5, 5.41) is 1.35. The topological polar surface area (TPSA) is 32.9 Å². The molecule has 3 aromatic rings. The minimum Gasteiger partial charge on any atom is -0.353 e. The zero-order valence-corrected chi connectivity index (χ0v) is 14.4. The van der Waals surface area contributed by atoms with E-state index in [4.69, 9.17) is 0 Å². The van der Waals surface area contributed by atoms with Crippen LogP contribution in [0.5, 0.6) is 0 Å². The molecule has 4 rings (SSSR count). The van der Waals surface area contributed by atoms with Gasteiger partial charge in [-0.25, -0.2) is 0 Å². The van der Waals surface area contributed by atoms with Crippen LogP contribution in [-0.2, 0) is 0 Å². The van der Waals surface area contributed by atoms with Gasteiger partial charge in [0.25, 0.3) is 0 Å². The van der Waals surface area contributed by atoms with Crippen molar-refractivity contribution in [1.82, 2.24) is 4.98 Å². The number of hydrogen-bond acceptors (Lipinski definition) is 2. The normalized spacial score (nSPS) is 15.7. The Bertz CT molecular complexity index is 895. The van der Waals surface area contributed by atoms with Gasteiger partial charge in [0, 0.05) is 16.2 Å². The van der Waals surface area contributed by atoms with Gasteiger partial charge < -0.3 is 4.98 Å². The predicted molar refractivity (Wildman–Crippen MR) is 103 cm³/mol. The largest absolute Gasteiger partial charge is 0.353 e. The third-order valence-corrected chi connectivity index (χ3v) is 6.19. The molecule has 0 bridgehead atoms. The van der Waals surface area contributed by atoms with Crippen molar-refractivity contribution < 1.29 is 0 Å². The Labute approximate surface area is 146 Å². The molecule has 0 atom stereocenters. The fraction of sp³-hybridized carbons (Fsp3) is 0.286. The molecular formula is C21H21NOS. The molecule has 1 heterocycles. The van der Waals surface area contributed by atoms with Crippen molar-refractivity contribution in [3.63, 3.8) is 0 Å². The lowest BCUT2D eigenvalue weighted by molar-refractivity contribution is 0.516. The van der Waals surface area contributed by atoms with Gasteiger partial charge in [0.2, 0.25) is 5.43 Å². The fourth-order valence-electron chi connectivity index (χ4n) is 3.49. The molecule has 1 fully saturated rings. The van der Waals surface area contributed by atoms with E-state index in [2.05, 4.69) is 17.1 Å². The summed E-state index contributed by atoms with van der Waals surface area (Å²) in [6, 6.07) is 18.0. The van der Waals surface area contributed by atoms with E-state index < -0.39 is 0 Å². The molecule has 0 saturated heterocycles. The number of pyridine rings is 1. The van der Waals surface area contributed by atoms with Crippen molar-refractivity contribution in [3.8, 4) is 11.3 Å². The summed E-state index contributed by atoms with van der Waals surface area (Å²) in [6.45, 7) is 0. The number of nitrogens with one attached hydrogen (secondary N) is 1. The van der Waals surface area contributed by atoms with E-state index in [1.165, 1.54) is 32.1 Å². The molecule has 0 radical (unpaired) electrons. The Morgan fingerprint density at radius 1 is 0.875 bits per heavy atom. The van der Waals surface area contributed by atoms with Crippen LogP contribution in [0.3, 0.4) is 0 Å². The maximum atomic E-state index is 13.2. The van der Waals surface area contributed by atoms with Crippen LogP contribution < -0.4 is 5.43 Å². The lowest BCUT2D eigenvalue weighted by atomic mass is 10.0. The molecule has 0 unspecified atom stereocenters. The van der Waals surface area contributed by atoms with E-state index in [0.717, 1.165) is 27.1 Å². The molecular weight excluding hydrogens is 314 g/mol. The molecule has 1 aliphatic carbocycles.